The number of carbonyl (C=O) groups is 4. The van der Waals surface area contributed by atoms with Crippen molar-refractivity contribution in [3.05, 3.63) is 163 Å². The fourth-order valence-electron chi connectivity index (χ4n) is 9.86. The molecule has 0 saturated carbocycles. The Hall–Kier alpha value is -5.74. The number of nitrogens with zero attached hydrogens (tertiary/aromatic N) is 4. The molecule has 0 spiro atoms. The minimum absolute atomic E-state index is 0.0755. The van der Waals surface area contributed by atoms with Crippen LogP contribution in [0.3, 0.4) is 0 Å². The summed E-state index contributed by atoms with van der Waals surface area (Å²) in [5.41, 5.74) is 4.57. The molecule has 0 aromatic heterocycles. The van der Waals surface area contributed by atoms with E-state index in [1.54, 1.807) is 34.1 Å². The van der Waals surface area contributed by atoms with Gasteiger partial charge in [0.1, 0.15) is 50.1 Å². The highest BCUT2D eigenvalue weighted by molar-refractivity contribution is 6.42. The van der Waals surface area contributed by atoms with Gasteiger partial charge >= 0.3 is 24.1 Å². The molecular weight excluding hydrogens is 1030 g/mol. The molecule has 18 heteroatoms. The standard InChI is InChI=1S/C56H58Cl4N4O10/c57-49-13-11-43(29-51(49)59)39-15-19-61(20-16-39)33-47(35-71-45-5-1-3-37(27-45)31-63-23-25-69-55(63)67)73-53(65)41-7-9-42(10-8-41)54(66)74-48(34-62-21-17-40(18-22-62)44-12-14-50(58)52(60)30-44)36-72-46-6-2-4-38(28-46)32-64-24-26-70-56(64)68/h1-14,27-30,39-40,47-48H,15-26,31-36H2. The minimum Gasteiger partial charge on any atom is -0.490 e. The maximum absolute atomic E-state index is 13.9. The second-order valence-corrected chi connectivity index (χ2v) is 20.7. The summed E-state index contributed by atoms with van der Waals surface area (Å²) in [4.78, 5) is 59.9. The third kappa shape index (κ3) is 14.3. The molecule has 74 heavy (non-hydrogen) atoms. The van der Waals surface area contributed by atoms with Crippen molar-refractivity contribution < 1.29 is 47.6 Å². The highest BCUT2D eigenvalue weighted by Crippen LogP contribution is 2.34. The zero-order valence-corrected chi connectivity index (χ0v) is 43.8. The summed E-state index contributed by atoms with van der Waals surface area (Å²) in [6, 6.07) is 32.8. The average molecular weight is 1090 g/mol. The van der Waals surface area contributed by atoms with Gasteiger partial charge < -0.3 is 38.2 Å². The summed E-state index contributed by atoms with van der Waals surface area (Å²) in [6.45, 7) is 6.60. The highest BCUT2D eigenvalue weighted by Gasteiger charge is 2.29. The van der Waals surface area contributed by atoms with Crippen LogP contribution in [0.2, 0.25) is 20.1 Å². The lowest BCUT2D eigenvalue weighted by atomic mass is 9.89. The molecule has 9 rings (SSSR count). The fourth-order valence-corrected chi connectivity index (χ4v) is 10.5. The smallest absolute Gasteiger partial charge is 0.410 e. The van der Waals surface area contributed by atoms with Crippen LogP contribution in [0, 0.1) is 0 Å². The monoisotopic (exact) mass is 1090 g/mol. The lowest BCUT2D eigenvalue weighted by Gasteiger charge is -2.34. The summed E-state index contributed by atoms with van der Waals surface area (Å²) in [6.07, 6.45) is 1.53. The quantitative estimate of drug-likeness (QED) is 0.0542. The summed E-state index contributed by atoms with van der Waals surface area (Å²) in [7, 11) is 0. The number of halogens is 4. The van der Waals surface area contributed by atoms with E-state index in [4.69, 9.17) is 74.8 Å². The Kier molecular flexibility index (Phi) is 18.1. The molecule has 390 valence electrons. The molecule has 14 nitrogen and oxygen atoms in total. The molecule has 4 saturated heterocycles. The van der Waals surface area contributed by atoms with Crippen LogP contribution >= 0.6 is 46.4 Å². The largest absolute Gasteiger partial charge is 0.490 e. The summed E-state index contributed by atoms with van der Waals surface area (Å²) >= 11 is 25.1. The van der Waals surface area contributed by atoms with Crippen LogP contribution in [0.4, 0.5) is 9.59 Å². The molecule has 4 heterocycles. The average Bonchev–Trinajstić information content (AvgIpc) is 4.02. The van der Waals surface area contributed by atoms with E-state index in [2.05, 4.69) is 9.80 Å². The number of cyclic esters (lactones) is 2. The van der Waals surface area contributed by atoms with Crippen LogP contribution in [0.5, 0.6) is 11.5 Å². The normalized spacial score (nSPS) is 17.7. The zero-order chi connectivity index (χ0) is 51.6. The van der Waals surface area contributed by atoms with Crippen molar-refractivity contribution in [1.29, 1.82) is 0 Å². The van der Waals surface area contributed by atoms with Crippen molar-refractivity contribution in [1.82, 2.24) is 19.6 Å². The Balaban J connectivity index is 0.845. The third-order valence-electron chi connectivity index (χ3n) is 13.9. The molecule has 2 amide bonds. The first kappa shape index (κ1) is 53.1. The van der Waals surface area contributed by atoms with Crippen LogP contribution in [-0.2, 0) is 32.0 Å². The highest BCUT2D eigenvalue weighted by atomic mass is 35.5. The Morgan fingerprint density at radius 2 is 0.919 bits per heavy atom. The van der Waals surface area contributed by atoms with Crippen LogP contribution in [0.15, 0.2) is 109 Å². The van der Waals surface area contributed by atoms with E-state index >= 15 is 0 Å². The maximum Gasteiger partial charge on any atom is 0.410 e. The SMILES string of the molecule is O=C(OC(COc1cccc(CN2CCOC2=O)c1)CN1CCC(c2ccc(Cl)c(Cl)c2)CC1)c1ccc(C(=O)OC(COc2cccc(CN3CCOC3=O)c2)CN2CCC(c3ccc(Cl)c(Cl)c3)CC2)cc1. The predicted octanol–water partition coefficient (Wildman–Crippen LogP) is 11.2. The van der Waals surface area contributed by atoms with Crippen molar-refractivity contribution in [2.75, 3.05) is 78.8 Å². The summed E-state index contributed by atoms with van der Waals surface area (Å²) in [5, 5.41) is 2.12. The van der Waals surface area contributed by atoms with Gasteiger partial charge in [0.2, 0.25) is 0 Å². The van der Waals surface area contributed by atoms with Crippen molar-refractivity contribution >= 4 is 70.5 Å². The molecule has 0 aliphatic carbocycles. The van der Waals surface area contributed by atoms with Gasteiger partial charge in [-0.1, -0.05) is 82.8 Å². The first-order valence-corrected chi connectivity index (χ1v) is 26.5. The van der Waals surface area contributed by atoms with Gasteiger partial charge in [-0.05, 0) is 159 Å². The number of benzene rings is 5. The molecule has 0 bridgehead atoms. The fraction of sp³-hybridized carbons (Fsp3) is 0.393. The maximum atomic E-state index is 13.9. The van der Waals surface area contributed by atoms with Crippen LogP contribution in [-0.4, -0.2) is 135 Å². The molecular formula is C56H58Cl4N4O10. The lowest BCUT2D eigenvalue weighted by Crippen LogP contribution is -2.42. The van der Waals surface area contributed by atoms with Gasteiger partial charge in [0.25, 0.3) is 0 Å². The van der Waals surface area contributed by atoms with Gasteiger partial charge in [-0.15, -0.1) is 0 Å². The zero-order valence-electron chi connectivity index (χ0n) is 40.8. The van der Waals surface area contributed by atoms with Gasteiger partial charge in [0, 0.05) is 26.2 Å². The van der Waals surface area contributed by atoms with E-state index in [-0.39, 0.29) is 36.5 Å². The van der Waals surface area contributed by atoms with Gasteiger partial charge in [0.05, 0.1) is 44.3 Å². The number of piperidine rings is 2. The summed E-state index contributed by atoms with van der Waals surface area (Å²) in [5.74, 6) is 0.649. The third-order valence-corrected chi connectivity index (χ3v) is 15.4. The van der Waals surface area contributed by atoms with E-state index < -0.39 is 24.1 Å². The molecule has 5 aromatic carbocycles. The molecule has 0 N–H and O–H groups in total. The molecule has 4 aliphatic heterocycles. The summed E-state index contributed by atoms with van der Waals surface area (Å²) < 4.78 is 35.2. The van der Waals surface area contributed by atoms with Crippen LogP contribution in [0.1, 0.15) is 80.5 Å². The Morgan fingerprint density at radius 3 is 1.28 bits per heavy atom. The van der Waals surface area contributed by atoms with Gasteiger partial charge in [0.15, 0.2) is 0 Å². The van der Waals surface area contributed by atoms with E-state index in [9.17, 15) is 19.2 Å². The van der Waals surface area contributed by atoms with E-state index in [1.807, 2.05) is 84.9 Å². The first-order chi connectivity index (χ1) is 35.9. The van der Waals surface area contributed by atoms with Crippen LogP contribution in [0.25, 0.3) is 0 Å². The van der Waals surface area contributed by atoms with Gasteiger partial charge in [-0.2, -0.15) is 0 Å². The molecule has 2 atom stereocenters. The van der Waals surface area contributed by atoms with Crippen molar-refractivity contribution in [3.8, 4) is 11.5 Å². The van der Waals surface area contributed by atoms with Gasteiger partial charge in [-0.25, -0.2) is 19.2 Å². The number of rotatable bonds is 20. The second kappa shape index (κ2) is 25.2. The predicted molar refractivity (Wildman–Crippen MR) is 282 cm³/mol. The molecule has 5 aromatic rings. The van der Waals surface area contributed by atoms with E-state index in [0.29, 0.717) is 95.9 Å². The van der Waals surface area contributed by atoms with Crippen molar-refractivity contribution in [3.63, 3.8) is 0 Å². The van der Waals surface area contributed by atoms with Crippen molar-refractivity contribution in [2.24, 2.45) is 0 Å². The number of ether oxygens (including phenoxy) is 6. The van der Waals surface area contributed by atoms with E-state index in [1.165, 1.54) is 0 Å². The Labute approximate surface area is 451 Å². The molecule has 2 unspecified atom stereocenters. The number of hydrogen-bond acceptors (Lipinski definition) is 12. The molecule has 4 fully saturated rings. The number of hydrogen-bond donors (Lipinski definition) is 0. The minimum atomic E-state index is -0.655. The van der Waals surface area contributed by atoms with E-state index in [0.717, 1.165) is 74.1 Å². The number of likely N-dealkylation sites (tertiary alicyclic amines) is 2. The topological polar surface area (TPSA) is 137 Å². The second-order valence-electron chi connectivity index (χ2n) is 19.1. The van der Waals surface area contributed by atoms with Gasteiger partial charge in [-0.3, -0.25) is 9.80 Å². The van der Waals surface area contributed by atoms with Crippen molar-refractivity contribution in [2.45, 2.75) is 62.8 Å². The Bertz CT molecular complexity index is 2580. The molecule has 4 aliphatic rings. The Morgan fingerprint density at radius 1 is 0.514 bits per heavy atom. The van der Waals surface area contributed by atoms with Crippen LogP contribution < -0.4 is 9.47 Å². The number of amides is 2. The number of carbonyl (C=O) groups excluding carboxylic acids is 4. The first-order valence-electron chi connectivity index (χ1n) is 25.0. The lowest BCUT2D eigenvalue weighted by molar-refractivity contribution is 0.00226. The molecule has 0 radical (unpaired) electrons. The number of esters is 2.